The van der Waals surface area contributed by atoms with Crippen molar-refractivity contribution in [3.63, 3.8) is 0 Å². The van der Waals surface area contributed by atoms with Crippen LogP contribution in [0, 0.1) is 0 Å². The Bertz CT molecular complexity index is 2630. The summed E-state index contributed by atoms with van der Waals surface area (Å²) in [6.07, 6.45) is -4.86. The lowest BCUT2D eigenvalue weighted by atomic mass is 9.72. The summed E-state index contributed by atoms with van der Waals surface area (Å²) in [4.78, 5) is 94.4. The largest absolute Gasteiger partial charge is 0.507 e. The third-order valence-electron chi connectivity index (χ3n) is 13.7. The highest BCUT2D eigenvalue weighted by Crippen LogP contribution is 2.52. The molecule has 24 heteroatoms. The number of amides is 5. The number of aliphatic hydroxyl groups is 1. The number of phenolic OH excluding ortho intramolecular Hbond substituents is 2. The number of ether oxygens (including phenoxy) is 7. The Morgan fingerprint density at radius 1 is 0.933 bits per heavy atom. The van der Waals surface area contributed by atoms with E-state index in [1.54, 1.807) is 38.2 Å². The van der Waals surface area contributed by atoms with Crippen LogP contribution in [0.25, 0.3) is 0 Å². The molecular formula is C51H65N7O17. The van der Waals surface area contributed by atoms with Crippen LogP contribution >= 0.6 is 0 Å². The fourth-order valence-corrected chi connectivity index (χ4v) is 9.43. The summed E-state index contributed by atoms with van der Waals surface area (Å²) in [7, 11) is 5.80. The quantitative estimate of drug-likeness (QED) is 0.0465. The molecule has 2 fully saturated rings. The topological polar surface area (TPSA) is 325 Å². The lowest BCUT2D eigenvalue weighted by Gasteiger charge is -2.42. The number of nitrogens with two attached hydrogens (primary N) is 1. The number of fused-ring (bicyclic) bond motifs is 3. The highest BCUT2D eigenvalue weighted by atomic mass is 16.7. The maximum absolute atomic E-state index is 14.2. The van der Waals surface area contributed by atoms with Crippen molar-refractivity contribution in [1.29, 1.82) is 0 Å². The van der Waals surface area contributed by atoms with Crippen LogP contribution in [-0.2, 0) is 51.0 Å². The van der Waals surface area contributed by atoms with Crippen LogP contribution in [0.1, 0.15) is 93.7 Å². The summed E-state index contributed by atoms with van der Waals surface area (Å²) >= 11 is 0. The molecule has 406 valence electrons. The molecule has 75 heavy (non-hydrogen) atoms. The number of methoxy groups -OCH3 is 1. The van der Waals surface area contributed by atoms with Gasteiger partial charge in [0.1, 0.15) is 35.7 Å². The standard InChI is InChI=1S/C51H65N7O17/c1-27-33(74-37-26-70-21-18-54-37)15-16-38(73-27)75-35-23-51(68,22-31-40(35)46(63)42-41(44(31)61)43(60)30-8-6-10-34(69-5)39(30)45(42)62)36(59)25-72-50(67)58(4)20-19-57(3)49(66)71-24-28-11-13-29(14-12-28)56-47(64)32(53-2)9-7-17-55-48(52)65/h6,8,10-14,27,32-33,35,37-38,53-54,61,63,68H,7,9,15-26H2,1-5H3,(H,56,64)(H3,52,55,65)/t27-,32-,33-,35-,37+,38-,51-/m0/s1. The number of nitrogens with zero attached hydrogens (tertiary/aromatic N) is 2. The van der Waals surface area contributed by atoms with Crippen molar-refractivity contribution in [3.05, 3.63) is 81.4 Å². The van der Waals surface area contributed by atoms with Crippen molar-refractivity contribution < 1.29 is 82.0 Å². The van der Waals surface area contributed by atoms with E-state index in [4.69, 9.17) is 38.9 Å². The number of anilines is 1. The molecule has 0 bridgehead atoms. The van der Waals surface area contributed by atoms with E-state index in [9.17, 15) is 48.9 Å². The van der Waals surface area contributed by atoms with Gasteiger partial charge < -0.3 is 80.0 Å². The van der Waals surface area contributed by atoms with Crippen LogP contribution in [0.5, 0.6) is 17.2 Å². The number of nitrogens with one attached hydrogen (secondary N) is 4. The van der Waals surface area contributed by atoms with Gasteiger partial charge in [0.25, 0.3) is 0 Å². The average Bonchev–Trinajstić information content (AvgIpc) is 3.39. The SMILES string of the molecule is CN[C@@H](CCCNC(N)=O)C(=O)Nc1ccc(COC(=O)N(C)CCN(C)C(=O)OCC(=O)[C@]2(O)Cc3c(O)c4c(c(O)c3[C@@H](O[C@H]3CC[C@H](O[C@@H]5COCCN5)[C@H](C)O3)C2)C(=O)c2c(OC)cccc2C4=O)cc1. The Morgan fingerprint density at radius 3 is 2.29 bits per heavy atom. The number of hydrogen-bond donors (Lipinski definition) is 8. The molecule has 2 saturated heterocycles. The minimum atomic E-state index is -2.42. The maximum atomic E-state index is 14.2. The van der Waals surface area contributed by atoms with Gasteiger partial charge in [-0.2, -0.15) is 0 Å². The molecule has 4 aliphatic rings. The zero-order valence-corrected chi connectivity index (χ0v) is 42.4. The summed E-state index contributed by atoms with van der Waals surface area (Å²) in [5.41, 5.74) is 2.20. The number of carbonyl (C=O) groups excluding carboxylic acids is 7. The van der Waals surface area contributed by atoms with Crippen molar-refractivity contribution in [3.8, 4) is 17.2 Å². The van der Waals surface area contributed by atoms with Gasteiger partial charge in [0, 0.05) is 81.9 Å². The first-order valence-electron chi connectivity index (χ1n) is 24.6. The Morgan fingerprint density at radius 2 is 1.64 bits per heavy atom. The molecule has 7 atom stereocenters. The molecule has 2 aliphatic carbocycles. The van der Waals surface area contributed by atoms with Gasteiger partial charge in [-0.3, -0.25) is 24.5 Å². The molecule has 3 aromatic rings. The van der Waals surface area contributed by atoms with E-state index in [0.29, 0.717) is 56.8 Å². The van der Waals surface area contributed by atoms with Crippen molar-refractivity contribution >= 4 is 47.2 Å². The van der Waals surface area contributed by atoms with Crippen molar-refractivity contribution in [2.24, 2.45) is 5.73 Å². The number of benzene rings is 3. The van der Waals surface area contributed by atoms with Crippen LogP contribution in [0.4, 0.5) is 20.1 Å². The van der Waals surface area contributed by atoms with E-state index in [1.807, 2.05) is 0 Å². The number of rotatable bonds is 20. The predicted molar refractivity (Wildman–Crippen MR) is 264 cm³/mol. The summed E-state index contributed by atoms with van der Waals surface area (Å²) < 4.78 is 40.5. The van der Waals surface area contributed by atoms with Gasteiger partial charge in [-0.1, -0.05) is 24.3 Å². The lowest BCUT2D eigenvalue weighted by molar-refractivity contribution is -0.258. The fraction of sp³-hybridized carbons (Fsp3) is 0.510. The van der Waals surface area contributed by atoms with E-state index in [0.717, 1.165) is 4.90 Å². The van der Waals surface area contributed by atoms with Crippen molar-refractivity contribution in [2.45, 2.75) is 94.5 Å². The minimum Gasteiger partial charge on any atom is -0.507 e. The first-order valence-corrected chi connectivity index (χ1v) is 24.6. The Balaban J connectivity index is 0.966. The number of Topliss-reactive ketones (excluding diaryl/α,β-unsaturated/α-hetero) is 1. The molecule has 0 unspecified atom stereocenters. The van der Waals surface area contributed by atoms with Gasteiger partial charge >= 0.3 is 18.2 Å². The molecule has 0 saturated carbocycles. The molecule has 24 nitrogen and oxygen atoms in total. The number of urea groups is 1. The van der Waals surface area contributed by atoms with Gasteiger partial charge in [-0.25, -0.2) is 14.4 Å². The second-order valence-corrected chi connectivity index (χ2v) is 18.8. The average molecular weight is 1050 g/mol. The van der Waals surface area contributed by atoms with E-state index in [1.165, 1.54) is 44.3 Å². The highest BCUT2D eigenvalue weighted by molar-refractivity contribution is 6.31. The van der Waals surface area contributed by atoms with Crippen LogP contribution in [-0.4, -0.2) is 177 Å². The van der Waals surface area contributed by atoms with E-state index < -0.39 is 108 Å². The number of ketones is 3. The lowest BCUT2D eigenvalue weighted by Crippen LogP contribution is -2.50. The fourth-order valence-electron chi connectivity index (χ4n) is 9.43. The van der Waals surface area contributed by atoms with Crippen molar-refractivity contribution in [2.75, 3.05) is 79.6 Å². The first kappa shape index (κ1) is 55.8. The van der Waals surface area contributed by atoms with Gasteiger partial charge in [0.2, 0.25) is 17.5 Å². The van der Waals surface area contributed by atoms with E-state index >= 15 is 0 Å². The molecule has 7 rings (SSSR count). The Kier molecular flexibility index (Phi) is 18.3. The van der Waals surface area contributed by atoms with Crippen LogP contribution in [0.2, 0.25) is 0 Å². The molecule has 0 spiro atoms. The molecule has 5 amide bonds. The number of likely N-dealkylation sites (N-methyl/N-ethyl adjacent to an activating group) is 3. The number of hydrogen-bond acceptors (Lipinski definition) is 19. The van der Waals surface area contributed by atoms with Crippen LogP contribution < -0.4 is 31.7 Å². The first-order chi connectivity index (χ1) is 35.8. The van der Waals surface area contributed by atoms with Crippen LogP contribution in [0.3, 0.4) is 0 Å². The Hall–Kier alpha value is -6.93. The zero-order chi connectivity index (χ0) is 54.1. The monoisotopic (exact) mass is 1050 g/mol. The highest BCUT2D eigenvalue weighted by Gasteiger charge is 2.50. The number of phenols is 2. The van der Waals surface area contributed by atoms with Crippen molar-refractivity contribution in [1.82, 2.24) is 25.8 Å². The number of primary amides is 1. The minimum absolute atomic E-state index is 0.0134. The van der Waals surface area contributed by atoms with Gasteiger partial charge in [-0.15, -0.1) is 0 Å². The number of morpholine rings is 1. The molecule has 2 aliphatic heterocycles. The zero-order valence-electron chi connectivity index (χ0n) is 42.4. The summed E-state index contributed by atoms with van der Waals surface area (Å²) in [5, 5.41) is 47.6. The summed E-state index contributed by atoms with van der Waals surface area (Å²) in [6.45, 7) is 2.52. The third kappa shape index (κ3) is 13.0. The molecular weight excluding hydrogens is 983 g/mol. The summed E-state index contributed by atoms with van der Waals surface area (Å²) in [6, 6.07) is 9.87. The molecule has 0 aromatic heterocycles. The Labute approximate surface area is 432 Å². The number of carbonyl (C=O) groups is 7. The molecule has 2 heterocycles. The molecule has 0 radical (unpaired) electrons. The smallest absolute Gasteiger partial charge is 0.409 e. The second kappa shape index (κ2) is 24.6. The van der Waals surface area contributed by atoms with Gasteiger partial charge in [0.15, 0.2) is 18.7 Å². The molecule has 3 aromatic carbocycles. The summed E-state index contributed by atoms with van der Waals surface area (Å²) in [5.74, 6) is -4.26. The van der Waals surface area contributed by atoms with E-state index in [-0.39, 0.29) is 72.4 Å². The van der Waals surface area contributed by atoms with Crippen LogP contribution in [0.15, 0.2) is 42.5 Å². The van der Waals surface area contributed by atoms with Gasteiger partial charge in [-0.05, 0) is 57.0 Å². The predicted octanol–water partition coefficient (Wildman–Crippen LogP) is 2.35. The van der Waals surface area contributed by atoms with Gasteiger partial charge in [0.05, 0.1) is 61.4 Å². The maximum Gasteiger partial charge on any atom is 0.409 e. The van der Waals surface area contributed by atoms with E-state index in [2.05, 4.69) is 21.3 Å². The second-order valence-electron chi connectivity index (χ2n) is 18.8. The third-order valence-corrected chi connectivity index (χ3v) is 13.7. The number of aromatic hydroxyl groups is 2. The molecule has 9 N–H and O–H groups in total. The normalized spacial score (nSPS) is 22.3.